The van der Waals surface area contributed by atoms with Crippen molar-refractivity contribution in [1.29, 1.82) is 0 Å². The molecule has 1 aliphatic rings. The minimum atomic E-state index is 0.104. The number of unbranched alkanes of at least 4 members (excludes halogenated alkanes) is 1. The number of nitrogens with zero attached hydrogens (tertiary/aromatic N) is 1. The SMILES string of the molecule is CCCCc1cc(C)c2c(c1)-c1ccccc1N(C(C)=O)C2. The van der Waals surface area contributed by atoms with E-state index in [0.717, 1.165) is 12.1 Å². The summed E-state index contributed by atoms with van der Waals surface area (Å²) in [5, 5.41) is 0. The maximum atomic E-state index is 12.0. The summed E-state index contributed by atoms with van der Waals surface area (Å²) >= 11 is 0. The number of carbonyl (C=O) groups excluding carboxylic acids is 1. The molecule has 22 heavy (non-hydrogen) atoms. The molecule has 1 amide bonds. The average molecular weight is 293 g/mol. The Hall–Kier alpha value is -2.09. The molecular weight excluding hydrogens is 270 g/mol. The number of fused-ring (bicyclic) bond motifs is 3. The first-order valence-electron chi connectivity index (χ1n) is 8.11. The Bertz CT molecular complexity index is 718. The Morgan fingerprint density at radius 3 is 2.68 bits per heavy atom. The molecule has 0 fully saturated rings. The van der Waals surface area contributed by atoms with E-state index in [2.05, 4.69) is 38.1 Å². The van der Waals surface area contributed by atoms with E-state index in [0.29, 0.717) is 6.54 Å². The molecule has 1 aliphatic heterocycles. The summed E-state index contributed by atoms with van der Waals surface area (Å²) in [5.41, 5.74) is 7.51. The molecule has 0 atom stereocenters. The molecule has 3 rings (SSSR count). The number of amides is 1. The van der Waals surface area contributed by atoms with Crippen LogP contribution in [0.3, 0.4) is 0 Å². The predicted octanol–water partition coefficient (Wildman–Crippen LogP) is 4.87. The topological polar surface area (TPSA) is 20.3 Å². The van der Waals surface area contributed by atoms with Gasteiger partial charge >= 0.3 is 0 Å². The van der Waals surface area contributed by atoms with Gasteiger partial charge in [-0.15, -0.1) is 0 Å². The van der Waals surface area contributed by atoms with E-state index >= 15 is 0 Å². The van der Waals surface area contributed by atoms with Crippen molar-refractivity contribution in [3.8, 4) is 11.1 Å². The quantitative estimate of drug-likeness (QED) is 0.790. The van der Waals surface area contributed by atoms with Crippen LogP contribution in [0.2, 0.25) is 0 Å². The van der Waals surface area contributed by atoms with Crippen LogP contribution in [0.1, 0.15) is 43.4 Å². The second kappa shape index (κ2) is 5.96. The number of hydrogen-bond acceptors (Lipinski definition) is 1. The lowest BCUT2D eigenvalue weighted by Crippen LogP contribution is -2.31. The van der Waals surface area contributed by atoms with Crippen molar-refractivity contribution in [3.05, 3.63) is 53.1 Å². The first-order chi connectivity index (χ1) is 10.6. The minimum absolute atomic E-state index is 0.104. The molecule has 0 bridgehead atoms. The lowest BCUT2D eigenvalue weighted by molar-refractivity contribution is -0.116. The van der Waals surface area contributed by atoms with E-state index in [1.54, 1.807) is 6.92 Å². The molecule has 0 saturated carbocycles. The zero-order chi connectivity index (χ0) is 15.7. The van der Waals surface area contributed by atoms with Crippen molar-refractivity contribution in [2.45, 2.75) is 46.6 Å². The number of aryl methyl sites for hydroxylation is 2. The Morgan fingerprint density at radius 1 is 1.18 bits per heavy atom. The van der Waals surface area contributed by atoms with Gasteiger partial charge in [0, 0.05) is 12.5 Å². The summed E-state index contributed by atoms with van der Waals surface area (Å²) in [6.45, 7) is 6.72. The summed E-state index contributed by atoms with van der Waals surface area (Å²) in [6, 6.07) is 12.9. The molecule has 0 unspecified atom stereocenters. The van der Waals surface area contributed by atoms with E-state index < -0.39 is 0 Å². The van der Waals surface area contributed by atoms with Gasteiger partial charge in [0.15, 0.2) is 0 Å². The Kier molecular flexibility index (Phi) is 4.02. The number of rotatable bonds is 3. The fourth-order valence-corrected chi connectivity index (χ4v) is 3.33. The van der Waals surface area contributed by atoms with Crippen LogP contribution in [0.25, 0.3) is 11.1 Å². The summed E-state index contributed by atoms with van der Waals surface area (Å²) in [7, 11) is 0. The molecule has 0 spiro atoms. The fraction of sp³-hybridized carbons (Fsp3) is 0.350. The van der Waals surface area contributed by atoms with E-state index in [9.17, 15) is 4.79 Å². The van der Waals surface area contributed by atoms with E-state index in [-0.39, 0.29) is 5.91 Å². The van der Waals surface area contributed by atoms with Crippen LogP contribution in [0, 0.1) is 6.92 Å². The molecular formula is C20H23NO. The molecule has 2 nitrogen and oxygen atoms in total. The largest absolute Gasteiger partial charge is 0.308 e. The summed E-state index contributed by atoms with van der Waals surface area (Å²) < 4.78 is 0. The van der Waals surface area contributed by atoms with Crippen LogP contribution in [-0.4, -0.2) is 5.91 Å². The van der Waals surface area contributed by atoms with Crippen molar-refractivity contribution in [2.24, 2.45) is 0 Å². The second-order valence-corrected chi connectivity index (χ2v) is 6.16. The number of para-hydroxylation sites is 1. The third-order valence-electron chi connectivity index (χ3n) is 4.53. The van der Waals surface area contributed by atoms with Gasteiger partial charge in [-0.05, 0) is 48.1 Å². The first kappa shape index (κ1) is 14.8. The van der Waals surface area contributed by atoms with Crippen molar-refractivity contribution >= 4 is 11.6 Å². The molecule has 2 heteroatoms. The predicted molar refractivity (Wildman–Crippen MR) is 92.1 cm³/mol. The van der Waals surface area contributed by atoms with Crippen LogP contribution in [-0.2, 0) is 17.8 Å². The average Bonchev–Trinajstić information content (AvgIpc) is 2.52. The highest BCUT2D eigenvalue weighted by Crippen LogP contribution is 2.40. The van der Waals surface area contributed by atoms with Crippen LogP contribution < -0.4 is 4.90 Å². The number of hydrogen-bond donors (Lipinski definition) is 0. The Balaban J connectivity index is 2.14. The summed E-state index contributed by atoms with van der Waals surface area (Å²) in [5.74, 6) is 0.104. The lowest BCUT2D eigenvalue weighted by Gasteiger charge is -2.32. The van der Waals surface area contributed by atoms with Crippen LogP contribution in [0.15, 0.2) is 36.4 Å². The minimum Gasteiger partial charge on any atom is -0.308 e. The van der Waals surface area contributed by atoms with Gasteiger partial charge in [-0.3, -0.25) is 4.79 Å². The molecule has 0 N–H and O–H groups in total. The Morgan fingerprint density at radius 2 is 1.95 bits per heavy atom. The third kappa shape index (κ3) is 2.54. The van der Waals surface area contributed by atoms with Gasteiger partial charge in [0.1, 0.15) is 0 Å². The molecule has 0 radical (unpaired) electrons. The van der Waals surface area contributed by atoms with Crippen molar-refractivity contribution in [3.63, 3.8) is 0 Å². The normalized spacial score (nSPS) is 12.8. The maximum Gasteiger partial charge on any atom is 0.224 e. The van der Waals surface area contributed by atoms with Crippen molar-refractivity contribution < 1.29 is 4.79 Å². The number of carbonyl (C=O) groups is 1. The van der Waals surface area contributed by atoms with E-state index in [1.165, 1.54) is 40.7 Å². The van der Waals surface area contributed by atoms with Crippen molar-refractivity contribution in [1.82, 2.24) is 0 Å². The standard InChI is InChI=1S/C20H23NO/c1-4-5-8-16-11-14(2)19-13-21(15(3)22)20-10-7-6-9-17(20)18(19)12-16/h6-7,9-12H,4-5,8,13H2,1-3H3. The summed E-state index contributed by atoms with van der Waals surface area (Å²) in [6.07, 6.45) is 3.56. The van der Waals surface area contributed by atoms with Gasteiger partial charge in [-0.25, -0.2) is 0 Å². The summed E-state index contributed by atoms with van der Waals surface area (Å²) in [4.78, 5) is 13.9. The third-order valence-corrected chi connectivity index (χ3v) is 4.53. The van der Waals surface area contributed by atoms with Crippen molar-refractivity contribution in [2.75, 3.05) is 4.90 Å². The van der Waals surface area contributed by atoms with Gasteiger partial charge in [-0.2, -0.15) is 0 Å². The van der Waals surface area contributed by atoms with E-state index in [4.69, 9.17) is 0 Å². The van der Waals surface area contributed by atoms with Gasteiger partial charge in [0.25, 0.3) is 0 Å². The number of benzene rings is 2. The van der Waals surface area contributed by atoms with Gasteiger partial charge in [-0.1, -0.05) is 43.7 Å². The molecule has 0 aliphatic carbocycles. The zero-order valence-corrected chi connectivity index (χ0v) is 13.6. The van der Waals surface area contributed by atoms with Gasteiger partial charge in [0.05, 0.1) is 12.2 Å². The van der Waals surface area contributed by atoms with Gasteiger partial charge in [0.2, 0.25) is 5.91 Å². The zero-order valence-electron chi connectivity index (χ0n) is 13.6. The van der Waals surface area contributed by atoms with Crippen LogP contribution in [0.5, 0.6) is 0 Å². The van der Waals surface area contributed by atoms with Gasteiger partial charge < -0.3 is 4.90 Å². The molecule has 0 aromatic heterocycles. The Labute approximate surface area is 132 Å². The monoisotopic (exact) mass is 293 g/mol. The smallest absolute Gasteiger partial charge is 0.224 e. The van der Waals surface area contributed by atoms with E-state index in [1.807, 2.05) is 17.0 Å². The fourth-order valence-electron chi connectivity index (χ4n) is 3.33. The lowest BCUT2D eigenvalue weighted by atomic mass is 9.88. The highest BCUT2D eigenvalue weighted by Gasteiger charge is 2.25. The second-order valence-electron chi connectivity index (χ2n) is 6.16. The molecule has 2 aromatic rings. The van der Waals surface area contributed by atoms with Crippen LogP contribution >= 0.6 is 0 Å². The highest BCUT2D eigenvalue weighted by molar-refractivity contribution is 5.99. The number of anilines is 1. The maximum absolute atomic E-state index is 12.0. The molecule has 1 heterocycles. The molecule has 114 valence electrons. The first-order valence-corrected chi connectivity index (χ1v) is 8.11. The van der Waals surface area contributed by atoms with Crippen LogP contribution in [0.4, 0.5) is 5.69 Å². The highest BCUT2D eigenvalue weighted by atomic mass is 16.2. The molecule has 2 aromatic carbocycles. The molecule has 0 saturated heterocycles.